The van der Waals surface area contributed by atoms with Crippen molar-refractivity contribution >= 4 is 20.0 Å². The Morgan fingerprint density at radius 3 is 2.33 bits per heavy atom. The Balaban J connectivity index is 3.34. The van der Waals surface area contributed by atoms with Gasteiger partial charge in [-0.05, 0) is 77.1 Å². The molecule has 0 fully saturated rings. The molecule has 0 aromatic heterocycles. The number of amides is 1. The summed E-state index contributed by atoms with van der Waals surface area (Å²) in [6.07, 6.45) is -0.240. The normalized spacial score (nSPS) is 20.8. The van der Waals surface area contributed by atoms with Gasteiger partial charge in [-0.15, -0.1) is 5.92 Å². The first-order valence-corrected chi connectivity index (χ1v) is 15.6. The fourth-order valence-corrected chi connectivity index (χ4v) is 5.58. The zero-order valence-electron chi connectivity index (χ0n) is 23.5. The first-order chi connectivity index (χ1) is 16.4. The van der Waals surface area contributed by atoms with Gasteiger partial charge in [-0.3, -0.25) is 9.59 Å². The van der Waals surface area contributed by atoms with Gasteiger partial charge in [-0.2, -0.15) is 13.2 Å². The maximum Gasteiger partial charge on any atom is 0.471 e. The van der Waals surface area contributed by atoms with Gasteiger partial charge < -0.3 is 9.74 Å². The fraction of sp³-hybridized carbons (Fsp3) is 0.714. The second-order valence-corrected chi connectivity index (χ2v) is 16.3. The molecule has 0 aromatic rings. The molecule has 0 saturated carbocycles. The highest BCUT2D eigenvalue weighted by atomic mass is 28.4. The first kappa shape index (κ1) is 32.0. The molecule has 1 rings (SSSR count). The van der Waals surface area contributed by atoms with Gasteiger partial charge in [0.25, 0.3) is 0 Å². The van der Waals surface area contributed by atoms with Crippen LogP contribution in [0.15, 0.2) is 23.0 Å². The predicted octanol–water partition coefficient (Wildman–Crippen LogP) is 7.48. The van der Waals surface area contributed by atoms with E-state index in [1.165, 1.54) is 0 Å². The van der Waals surface area contributed by atoms with Crippen molar-refractivity contribution in [3.05, 3.63) is 23.0 Å². The summed E-state index contributed by atoms with van der Waals surface area (Å²) in [5, 5.41) is 1.95. The molecule has 1 amide bonds. The number of alkyl halides is 3. The second-order valence-electron chi connectivity index (χ2n) is 11.6. The van der Waals surface area contributed by atoms with E-state index in [1.807, 2.05) is 32.2 Å². The molecular weight excluding hydrogens is 483 g/mol. The van der Waals surface area contributed by atoms with E-state index in [4.69, 9.17) is 4.43 Å². The maximum atomic E-state index is 13.8. The van der Waals surface area contributed by atoms with Crippen molar-refractivity contribution < 1.29 is 27.2 Å². The van der Waals surface area contributed by atoms with E-state index < -0.39 is 25.8 Å². The third-order valence-corrected chi connectivity index (χ3v) is 11.9. The molecule has 0 aliphatic heterocycles. The van der Waals surface area contributed by atoms with Crippen molar-refractivity contribution in [2.24, 2.45) is 11.3 Å². The number of Topliss-reactive ketones (excluding diaryl/α,β-unsaturated/α-hetero) is 1. The van der Waals surface area contributed by atoms with E-state index in [1.54, 1.807) is 6.92 Å². The van der Waals surface area contributed by atoms with Crippen LogP contribution in [0.5, 0.6) is 0 Å². The average Bonchev–Trinajstić information content (AvgIpc) is 2.73. The summed E-state index contributed by atoms with van der Waals surface area (Å²) in [5.41, 5.74) is 1.24. The highest BCUT2D eigenvalue weighted by molar-refractivity contribution is 6.74. The molecule has 0 aromatic carbocycles. The van der Waals surface area contributed by atoms with Crippen LogP contribution in [0.3, 0.4) is 0 Å². The Morgan fingerprint density at radius 2 is 1.83 bits per heavy atom. The molecule has 0 saturated heterocycles. The molecule has 36 heavy (non-hydrogen) atoms. The molecule has 0 unspecified atom stereocenters. The summed E-state index contributed by atoms with van der Waals surface area (Å²) in [6, 6.07) is 0. The highest BCUT2D eigenvalue weighted by Crippen LogP contribution is 2.50. The molecule has 204 valence electrons. The predicted molar refractivity (Wildman–Crippen MR) is 142 cm³/mol. The maximum absolute atomic E-state index is 13.8. The van der Waals surface area contributed by atoms with Gasteiger partial charge in [-0.25, -0.2) is 0 Å². The van der Waals surface area contributed by atoms with E-state index in [0.29, 0.717) is 32.1 Å². The van der Waals surface area contributed by atoms with E-state index in [0.717, 1.165) is 16.9 Å². The zero-order chi connectivity index (χ0) is 27.9. The number of hydrogen-bond acceptors (Lipinski definition) is 3. The monoisotopic (exact) mass is 527 g/mol. The van der Waals surface area contributed by atoms with Crippen LogP contribution in [0.4, 0.5) is 13.2 Å². The molecule has 8 heteroatoms. The number of carbonyl (C=O) groups excluding carboxylic acids is 2. The number of carbonyl (C=O) groups is 2. The van der Waals surface area contributed by atoms with Crippen LogP contribution < -0.4 is 5.32 Å². The molecule has 0 radical (unpaired) electrons. The summed E-state index contributed by atoms with van der Waals surface area (Å²) < 4.78 is 44.5. The average molecular weight is 528 g/mol. The van der Waals surface area contributed by atoms with Crippen molar-refractivity contribution in [2.75, 3.05) is 6.54 Å². The standard InChI is InChI=1S/C28H44F3NO3Si/c1-10-13-22-21(4)23(35-36(8,9)26(5,6)7)16-18-27(22,24(33)15-11-14-20(2)3)17-12-19-32-25(34)28(29,30)31/h14,22H,11-12,15-19H2,1-9H3,(H,32,34)/t22-,27-/m0/s1. The summed E-state index contributed by atoms with van der Waals surface area (Å²) in [7, 11) is -2.11. The largest absolute Gasteiger partial charge is 0.547 e. The number of halogens is 3. The Bertz CT molecular complexity index is 928. The number of hydrogen-bond donors (Lipinski definition) is 1. The van der Waals surface area contributed by atoms with Crippen LogP contribution in [-0.2, 0) is 14.0 Å². The van der Waals surface area contributed by atoms with Crippen LogP contribution >= 0.6 is 0 Å². The van der Waals surface area contributed by atoms with Gasteiger partial charge in [0, 0.05) is 24.8 Å². The van der Waals surface area contributed by atoms with Crippen LogP contribution in [0.1, 0.15) is 87.0 Å². The minimum absolute atomic E-state index is 0.0115. The first-order valence-electron chi connectivity index (χ1n) is 12.7. The van der Waals surface area contributed by atoms with Crippen molar-refractivity contribution in [3.63, 3.8) is 0 Å². The van der Waals surface area contributed by atoms with Crippen molar-refractivity contribution in [1.29, 1.82) is 0 Å². The highest BCUT2D eigenvalue weighted by Gasteiger charge is 2.49. The summed E-state index contributed by atoms with van der Waals surface area (Å²) >= 11 is 0. The SMILES string of the molecule is CC#C[C@H]1C(C)=C(O[Si](C)(C)C(C)(C)C)CC[C@]1(CCCNC(=O)C(F)(F)F)C(=O)CCC=C(C)C. The van der Waals surface area contributed by atoms with Gasteiger partial charge in [0.05, 0.1) is 11.7 Å². The van der Waals surface area contributed by atoms with E-state index in [-0.39, 0.29) is 29.7 Å². The second kappa shape index (κ2) is 12.5. The number of ketones is 1. The third-order valence-electron chi connectivity index (χ3n) is 7.52. The van der Waals surface area contributed by atoms with Gasteiger partial charge in [0.1, 0.15) is 5.78 Å². The Labute approximate surface area is 216 Å². The number of nitrogens with one attached hydrogen (secondary N) is 1. The molecule has 0 heterocycles. The van der Waals surface area contributed by atoms with E-state index in [9.17, 15) is 22.8 Å². The summed E-state index contributed by atoms with van der Waals surface area (Å²) in [4.78, 5) is 25.0. The third kappa shape index (κ3) is 8.26. The number of rotatable bonds is 10. The Morgan fingerprint density at radius 1 is 1.22 bits per heavy atom. The van der Waals surface area contributed by atoms with Crippen molar-refractivity contribution in [3.8, 4) is 11.8 Å². The lowest BCUT2D eigenvalue weighted by atomic mass is 9.60. The van der Waals surface area contributed by atoms with Gasteiger partial charge in [0.15, 0.2) is 0 Å². The lowest BCUT2D eigenvalue weighted by molar-refractivity contribution is -0.173. The molecular formula is C28H44F3NO3Si. The van der Waals surface area contributed by atoms with Crippen molar-refractivity contribution in [2.45, 2.75) is 111 Å². The molecule has 0 spiro atoms. The molecule has 2 atom stereocenters. The minimum Gasteiger partial charge on any atom is -0.547 e. The van der Waals surface area contributed by atoms with Crippen LogP contribution in [0.2, 0.25) is 18.1 Å². The van der Waals surface area contributed by atoms with E-state index >= 15 is 0 Å². The molecule has 0 bridgehead atoms. The molecule has 1 aliphatic carbocycles. The lowest BCUT2D eigenvalue weighted by Gasteiger charge is -2.45. The van der Waals surface area contributed by atoms with Crippen LogP contribution in [0, 0.1) is 23.2 Å². The summed E-state index contributed by atoms with van der Waals surface area (Å²) in [5.74, 6) is 4.87. The van der Waals surface area contributed by atoms with Crippen LogP contribution in [-0.4, -0.2) is 32.7 Å². The number of allylic oxidation sites excluding steroid dienone is 4. The van der Waals surface area contributed by atoms with E-state index in [2.05, 4.69) is 45.7 Å². The van der Waals surface area contributed by atoms with Crippen molar-refractivity contribution in [1.82, 2.24) is 5.32 Å². The minimum atomic E-state index is -4.92. The Hall–Kier alpha value is -2.01. The molecule has 4 nitrogen and oxygen atoms in total. The summed E-state index contributed by atoms with van der Waals surface area (Å²) in [6.45, 7) is 18.4. The Kier molecular flexibility index (Phi) is 11.1. The fourth-order valence-electron chi connectivity index (χ4n) is 4.39. The molecule has 1 aliphatic rings. The molecule has 1 N–H and O–H groups in total. The smallest absolute Gasteiger partial charge is 0.471 e. The lowest BCUT2D eigenvalue weighted by Crippen LogP contribution is -2.45. The quantitative estimate of drug-likeness (QED) is 0.139. The topological polar surface area (TPSA) is 55.4 Å². The van der Waals surface area contributed by atoms with Crippen LogP contribution in [0.25, 0.3) is 0 Å². The van der Waals surface area contributed by atoms with Gasteiger partial charge >= 0.3 is 12.1 Å². The van der Waals surface area contributed by atoms with Gasteiger partial charge in [-0.1, -0.05) is 38.3 Å². The van der Waals surface area contributed by atoms with Gasteiger partial charge in [0.2, 0.25) is 8.32 Å². The zero-order valence-corrected chi connectivity index (χ0v) is 24.5.